The molecule has 436 valence electrons. The molecule has 5 saturated heterocycles. The predicted octanol–water partition coefficient (Wildman–Crippen LogP) is -1.55. The average Bonchev–Trinajstić information content (AvgIpc) is 3.89. The van der Waals surface area contributed by atoms with E-state index in [1.165, 1.54) is 13.8 Å². The summed E-state index contributed by atoms with van der Waals surface area (Å²) in [5.41, 5.74) is -2.77. The van der Waals surface area contributed by atoms with Gasteiger partial charge in [-0.3, -0.25) is 0 Å². The number of allylic oxidation sites excluding steroid dienone is 1. The Balaban J connectivity index is 0.936. The van der Waals surface area contributed by atoms with E-state index in [-0.39, 0.29) is 46.0 Å². The summed E-state index contributed by atoms with van der Waals surface area (Å²) in [6.07, 6.45) is -23.4. The van der Waals surface area contributed by atoms with E-state index in [0.717, 1.165) is 25.7 Å². The van der Waals surface area contributed by atoms with Crippen molar-refractivity contribution in [3.8, 4) is 0 Å². The van der Waals surface area contributed by atoms with Gasteiger partial charge in [-0.25, -0.2) is 0 Å². The first kappa shape index (κ1) is 58.1. The van der Waals surface area contributed by atoms with Gasteiger partial charge in [0.05, 0.1) is 56.4 Å². The zero-order chi connectivity index (χ0) is 55.2. The Hall–Kier alpha value is -1.14. The lowest BCUT2D eigenvalue weighted by Crippen LogP contribution is -2.72. The molecular weight excluding hydrogens is 1000 g/mol. The maximum atomic E-state index is 12.3. The highest BCUT2D eigenvalue weighted by Gasteiger charge is 2.79. The largest absolute Gasteiger partial charge is 0.396 e. The highest BCUT2D eigenvalue weighted by Crippen LogP contribution is 2.79. The molecule has 0 aromatic carbocycles. The minimum Gasteiger partial charge on any atom is -0.396 e. The number of ether oxygens (including phenoxy) is 9. The topological polar surface area (TPSA) is 346 Å². The van der Waals surface area contributed by atoms with Crippen LogP contribution in [0.5, 0.6) is 0 Å². The molecule has 10 rings (SSSR count). The third kappa shape index (κ3) is 8.54. The van der Waals surface area contributed by atoms with Crippen molar-refractivity contribution in [3.63, 3.8) is 0 Å². The van der Waals surface area contributed by atoms with E-state index in [1.54, 1.807) is 0 Å². The summed E-state index contributed by atoms with van der Waals surface area (Å²) in [6.45, 7) is 15.2. The van der Waals surface area contributed by atoms with Crippen molar-refractivity contribution >= 4 is 0 Å². The Morgan fingerprint density at radius 3 is 1.76 bits per heavy atom. The second-order valence-corrected chi connectivity index (χ2v) is 26.6. The van der Waals surface area contributed by atoms with Gasteiger partial charge in [-0.1, -0.05) is 53.7 Å². The van der Waals surface area contributed by atoms with E-state index in [9.17, 15) is 66.4 Å². The van der Waals surface area contributed by atoms with Crippen LogP contribution in [0.4, 0.5) is 0 Å². The molecule has 5 aliphatic heterocycles. The van der Waals surface area contributed by atoms with E-state index in [2.05, 4.69) is 46.8 Å². The quantitative estimate of drug-likeness (QED) is 0.0823. The Bertz CT molecular complexity index is 2100. The standard InChI is InChI=1S/C54H88O22/c1-23-32(59)35(62)38(65)44(69-23)74-41-26(20-56)72-46(40(67)37(41)64)75-42-33(60)24(2)70-47(43(42)76-45-39(66)36(63)34(61)25(19-55)71-45)73-31-11-12-49(5)27(50(31,6)21-57)9-13-51(7)28(49)10-14-54-29-17-48(3,4)15-16-53(29,22-68-54)30(58)18-52(51,54)8/h10,14,23-47,55-67H,9,11-13,15-22H2,1-8H3/t23-,24+,25-,26+,27+,28+,29+,30-,31-,32-,33-,34+,35+,36-,37+,38+,39-,40+,41+,42-,43+,44-,45?,46-,47-,49-,50-,51+,52-,53+,54-/m0/s1. The van der Waals surface area contributed by atoms with Crippen LogP contribution in [0.2, 0.25) is 0 Å². The molecule has 22 nitrogen and oxygen atoms in total. The zero-order valence-electron chi connectivity index (χ0n) is 45.1. The first-order valence-corrected chi connectivity index (χ1v) is 27.8. The van der Waals surface area contributed by atoms with Crippen LogP contribution in [0, 0.1) is 50.2 Å². The van der Waals surface area contributed by atoms with Gasteiger partial charge < -0.3 is 109 Å². The number of aliphatic hydroxyl groups excluding tert-OH is 13. The highest BCUT2D eigenvalue weighted by atomic mass is 16.8. The lowest BCUT2D eigenvalue weighted by Gasteiger charge is -2.73. The minimum absolute atomic E-state index is 0.0242. The smallest absolute Gasteiger partial charge is 0.187 e. The van der Waals surface area contributed by atoms with Crippen LogP contribution in [-0.4, -0.2) is 233 Å². The van der Waals surface area contributed by atoms with Crippen molar-refractivity contribution < 1.29 is 109 Å². The van der Waals surface area contributed by atoms with Gasteiger partial charge in [0.15, 0.2) is 25.2 Å². The maximum absolute atomic E-state index is 12.3. The van der Waals surface area contributed by atoms with E-state index in [1.807, 2.05) is 6.92 Å². The summed E-state index contributed by atoms with van der Waals surface area (Å²) in [7, 11) is 0. The van der Waals surface area contributed by atoms with Gasteiger partial charge in [0.25, 0.3) is 0 Å². The van der Waals surface area contributed by atoms with Gasteiger partial charge in [-0.2, -0.15) is 0 Å². The third-order valence-electron chi connectivity index (χ3n) is 22.1. The van der Waals surface area contributed by atoms with Crippen molar-refractivity contribution in [1.29, 1.82) is 0 Å². The SMILES string of the molecule is C[C@@H]1O[C@@H](O[C@H]2[C@H](O)[C@@H](O)[C@H](O[C@H]3[C@@H](O)[C@@H](C)O[C@@H](O[C@H]4CC[C@@]5(C)[C@@H](CC[C@]6(C)[C@@H]5C=C[C@]57OC[C@@]8(CCC(C)(C)C[C@H]85)[C@@H](O)C[C@]76C)[C@]4(C)CO)[C@@H]3OC3O[C@@H](CO)[C@@H](O)[C@H](O)[C@@H]3O)O[C@@H]2CO)[C@H](O)[C@H](O)[C@H]1O. The Morgan fingerprint density at radius 2 is 1.11 bits per heavy atom. The first-order valence-electron chi connectivity index (χ1n) is 27.8. The van der Waals surface area contributed by atoms with E-state index >= 15 is 0 Å². The Morgan fingerprint density at radius 1 is 0.526 bits per heavy atom. The van der Waals surface area contributed by atoms with Crippen LogP contribution in [0.25, 0.3) is 0 Å². The van der Waals surface area contributed by atoms with Gasteiger partial charge in [0.1, 0.15) is 85.5 Å². The number of hydrogen-bond donors (Lipinski definition) is 13. The van der Waals surface area contributed by atoms with Crippen LogP contribution in [0.15, 0.2) is 12.2 Å². The van der Waals surface area contributed by atoms with Crippen LogP contribution in [0.3, 0.4) is 0 Å². The lowest BCUT2D eigenvalue weighted by molar-refractivity contribution is -0.403. The molecule has 0 aromatic rings. The molecule has 5 heterocycles. The van der Waals surface area contributed by atoms with Crippen molar-refractivity contribution in [2.45, 2.75) is 247 Å². The molecule has 1 spiro atoms. The normalized spacial score (nSPS) is 58.7. The van der Waals surface area contributed by atoms with Crippen LogP contribution < -0.4 is 0 Å². The molecule has 13 N–H and O–H groups in total. The zero-order valence-corrected chi connectivity index (χ0v) is 45.1. The number of aliphatic hydroxyl groups is 13. The first-order chi connectivity index (χ1) is 35.6. The summed E-state index contributed by atoms with van der Waals surface area (Å²) in [5.74, 6) is 0.0584. The molecular formula is C54H88O22. The fourth-order valence-corrected chi connectivity index (χ4v) is 17.2. The lowest BCUT2D eigenvalue weighted by atomic mass is 9.32. The fourth-order valence-electron chi connectivity index (χ4n) is 17.2. The molecule has 9 fully saturated rings. The van der Waals surface area contributed by atoms with Gasteiger partial charge in [-0.05, 0) is 93.3 Å². The van der Waals surface area contributed by atoms with Crippen LogP contribution >= 0.6 is 0 Å². The van der Waals surface area contributed by atoms with Gasteiger partial charge in [0, 0.05) is 22.2 Å². The van der Waals surface area contributed by atoms with E-state index in [4.69, 9.17) is 42.6 Å². The summed E-state index contributed by atoms with van der Waals surface area (Å²) < 4.78 is 56.5. The summed E-state index contributed by atoms with van der Waals surface area (Å²) >= 11 is 0. The Kier molecular flexibility index (Phi) is 15.5. The Labute approximate surface area is 444 Å². The van der Waals surface area contributed by atoms with Crippen LogP contribution in [-0.2, 0) is 42.6 Å². The number of hydrogen-bond acceptors (Lipinski definition) is 22. The maximum Gasteiger partial charge on any atom is 0.187 e. The monoisotopic (exact) mass is 1090 g/mol. The molecule has 4 saturated carbocycles. The molecule has 0 amide bonds. The van der Waals surface area contributed by atoms with Crippen molar-refractivity contribution in [2.24, 2.45) is 50.2 Å². The van der Waals surface area contributed by atoms with Crippen molar-refractivity contribution in [1.82, 2.24) is 0 Å². The molecule has 31 atom stereocenters. The van der Waals surface area contributed by atoms with Crippen LogP contribution in [0.1, 0.15) is 107 Å². The molecule has 0 radical (unpaired) electrons. The highest BCUT2D eigenvalue weighted by molar-refractivity contribution is 5.36. The molecule has 22 heteroatoms. The van der Waals surface area contributed by atoms with E-state index < -0.39 is 165 Å². The molecule has 1 unspecified atom stereocenters. The molecule has 5 aliphatic carbocycles. The predicted molar refractivity (Wildman–Crippen MR) is 261 cm³/mol. The second-order valence-electron chi connectivity index (χ2n) is 26.6. The third-order valence-corrected chi connectivity index (χ3v) is 22.1. The second kappa shape index (κ2) is 20.3. The van der Waals surface area contributed by atoms with E-state index in [0.29, 0.717) is 32.3 Å². The summed E-state index contributed by atoms with van der Waals surface area (Å²) in [6, 6.07) is 0. The van der Waals surface area contributed by atoms with Gasteiger partial charge >= 0.3 is 0 Å². The summed E-state index contributed by atoms with van der Waals surface area (Å²) in [4.78, 5) is 0. The van der Waals surface area contributed by atoms with Gasteiger partial charge in [-0.15, -0.1) is 0 Å². The number of rotatable bonds is 11. The molecule has 10 aliphatic rings. The van der Waals surface area contributed by atoms with Gasteiger partial charge in [0.2, 0.25) is 0 Å². The fraction of sp³-hybridized carbons (Fsp3) is 0.963. The van der Waals surface area contributed by atoms with Crippen molar-refractivity contribution in [2.75, 3.05) is 26.4 Å². The summed E-state index contributed by atoms with van der Waals surface area (Å²) in [5, 5.41) is 144. The van der Waals surface area contributed by atoms with Crippen molar-refractivity contribution in [3.05, 3.63) is 12.2 Å². The molecule has 0 aromatic heterocycles. The molecule has 2 bridgehead atoms. The minimum atomic E-state index is -2.01. The number of fused-ring (bicyclic) bond motifs is 4. The molecule has 76 heavy (non-hydrogen) atoms. The average molecular weight is 1090 g/mol.